The zero-order chi connectivity index (χ0) is 15.9. The average Bonchev–Trinajstić information content (AvgIpc) is 2.49. The number of ether oxygens (including phenoxy) is 1. The fraction of sp³-hybridized carbons (Fsp3) is 0.278. The second-order valence-electron chi connectivity index (χ2n) is 4.93. The van der Waals surface area contributed by atoms with Crippen molar-refractivity contribution < 1.29 is 13.9 Å². The van der Waals surface area contributed by atoms with Crippen LogP contribution < -0.4 is 4.74 Å². The molecule has 0 heterocycles. The smallest absolute Gasteiger partial charge is 0.159 e. The van der Waals surface area contributed by atoms with Gasteiger partial charge in [-0.2, -0.15) is 11.8 Å². The molecule has 0 saturated heterocycles. The number of hydrogen-bond donors (Lipinski definition) is 0. The minimum atomic E-state index is -0.216. The molecule has 0 N–H and O–H groups in total. The third kappa shape index (κ3) is 4.60. The van der Waals surface area contributed by atoms with E-state index in [0.717, 1.165) is 16.9 Å². The van der Waals surface area contributed by atoms with Crippen molar-refractivity contribution in [2.45, 2.75) is 25.4 Å². The van der Waals surface area contributed by atoms with Crippen LogP contribution in [0.5, 0.6) is 5.75 Å². The van der Waals surface area contributed by atoms with Crippen molar-refractivity contribution in [2.24, 2.45) is 0 Å². The Morgan fingerprint density at radius 3 is 2.68 bits per heavy atom. The third-order valence-electron chi connectivity index (χ3n) is 3.18. The molecular formula is C18H19FO2S. The van der Waals surface area contributed by atoms with Gasteiger partial charge in [-0.25, -0.2) is 4.39 Å². The largest absolute Gasteiger partial charge is 0.494 e. The summed E-state index contributed by atoms with van der Waals surface area (Å²) in [7, 11) is 0. The maximum atomic E-state index is 13.2. The molecule has 0 aromatic heterocycles. The maximum absolute atomic E-state index is 13.2. The Morgan fingerprint density at radius 1 is 1.18 bits per heavy atom. The Morgan fingerprint density at radius 2 is 2.00 bits per heavy atom. The monoisotopic (exact) mass is 318 g/mol. The molecule has 0 aliphatic rings. The van der Waals surface area contributed by atoms with E-state index in [1.807, 2.05) is 25.1 Å². The van der Waals surface area contributed by atoms with Gasteiger partial charge in [-0.3, -0.25) is 4.79 Å². The van der Waals surface area contributed by atoms with Crippen molar-refractivity contribution in [2.75, 3.05) is 6.61 Å². The van der Waals surface area contributed by atoms with Gasteiger partial charge in [-0.05, 0) is 49.7 Å². The summed E-state index contributed by atoms with van der Waals surface area (Å²) in [6.07, 6.45) is 0. The highest BCUT2D eigenvalue weighted by Crippen LogP contribution is 2.27. The van der Waals surface area contributed by atoms with Gasteiger partial charge in [-0.1, -0.05) is 12.1 Å². The predicted molar refractivity (Wildman–Crippen MR) is 89.0 cm³/mol. The first kappa shape index (κ1) is 16.6. The van der Waals surface area contributed by atoms with E-state index in [2.05, 4.69) is 0 Å². The molecule has 0 atom stereocenters. The first-order valence-corrected chi connectivity index (χ1v) is 8.34. The number of thioether (sulfide) groups is 1. The molecule has 0 aliphatic carbocycles. The summed E-state index contributed by atoms with van der Waals surface area (Å²) >= 11 is 1.67. The van der Waals surface area contributed by atoms with Gasteiger partial charge in [0, 0.05) is 22.6 Å². The van der Waals surface area contributed by atoms with Crippen LogP contribution in [0.2, 0.25) is 0 Å². The standard InChI is InChI=1S/C18H19FO2S/c1-3-21-18-8-7-15(13(2)20)10-16(18)12-22-11-14-5-4-6-17(19)9-14/h4-10H,3,11-12H2,1-2H3. The number of Topliss-reactive ketones (excluding diaryl/α,β-unsaturated/α-hetero) is 1. The first-order valence-electron chi connectivity index (χ1n) is 7.19. The normalized spacial score (nSPS) is 10.5. The Bertz CT molecular complexity index is 655. The fourth-order valence-corrected chi connectivity index (χ4v) is 3.08. The molecule has 0 aliphatic heterocycles. The molecule has 2 nitrogen and oxygen atoms in total. The van der Waals surface area contributed by atoms with E-state index in [1.54, 1.807) is 36.9 Å². The van der Waals surface area contributed by atoms with Crippen molar-refractivity contribution in [3.05, 3.63) is 65.0 Å². The molecule has 0 saturated carbocycles. The molecule has 4 heteroatoms. The highest BCUT2D eigenvalue weighted by Gasteiger charge is 2.08. The molecule has 116 valence electrons. The molecular weight excluding hydrogens is 299 g/mol. The van der Waals surface area contributed by atoms with Gasteiger partial charge in [0.1, 0.15) is 11.6 Å². The zero-order valence-corrected chi connectivity index (χ0v) is 13.6. The van der Waals surface area contributed by atoms with Crippen LogP contribution in [0.15, 0.2) is 42.5 Å². The highest BCUT2D eigenvalue weighted by molar-refractivity contribution is 7.97. The van der Waals surface area contributed by atoms with E-state index in [1.165, 1.54) is 6.07 Å². The molecule has 2 aromatic carbocycles. The van der Waals surface area contributed by atoms with Crippen LogP contribution in [-0.4, -0.2) is 12.4 Å². The van der Waals surface area contributed by atoms with Crippen molar-refractivity contribution in [1.82, 2.24) is 0 Å². The van der Waals surface area contributed by atoms with Gasteiger partial charge < -0.3 is 4.74 Å². The molecule has 2 aromatic rings. The Balaban J connectivity index is 2.06. The summed E-state index contributed by atoms with van der Waals surface area (Å²) in [6, 6.07) is 12.1. The van der Waals surface area contributed by atoms with Crippen molar-refractivity contribution in [3.8, 4) is 5.75 Å². The summed E-state index contributed by atoms with van der Waals surface area (Å²) < 4.78 is 18.8. The summed E-state index contributed by atoms with van der Waals surface area (Å²) in [5, 5.41) is 0. The number of benzene rings is 2. The van der Waals surface area contributed by atoms with Gasteiger partial charge in [0.05, 0.1) is 6.61 Å². The average molecular weight is 318 g/mol. The lowest BCUT2D eigenvalue weighted by molar-refractivity contribution is 0.101. The van der Waals surface area contributed by atoms with E-state index in [-0.39, 0.29) is 11.6 Å². The van der Waals surface area contributed by atoms with Crippen LogP contribution in [0, 0.1) is 5.82 Å². The van der Waals surface area contributed by atoms with Gasteiger partial charge in [0.2, 0.25) is 0 Å². The number of carbonyl (C=O) groups is 1. The summed E-state index contributed by atoms with van der Waals surface area (Å²) in [6.45, 7) is 4.07. The van der Waals surface area contributed by atoms with Crippen molar-refractivity contribution in [1.29, 1.82) is 0 Å². The van der Waals surface area contributed by atoms with Crippen LogP contribution in [0.3, 0.4) is 0 Å². The molecule has 22 heavy (non-hydrogen) atoms. The Kier molecular flexibility index (Phi) is 6.01. The van der Waals surface area contributed by atoms with Gasteiger partial charge in [0.25, 0.3) is 0 Å². The van der Waals surface area contributed by atoms with Crippen LogP contribution in [0.1, 0.15) is 35.3 Å². The van der Waals surface area contributed by atoms with E-state index < -0.39 is 0 Å². The second kappa shape index (κ2) is 7.99. The van der Waals surface area contributed by atoms with Crippen molar-refractivity contribution in [3.63, 3.8) is 0 Å². The number of halogens is 1. The van der Waals surface area contributed by atoms with Crippen LogP contribution in [0.4, 0.5) is 4.39 Å². The number of ketones is 1. The molecule has 0 fully saturated rings. The van der Waals surface area contributed by atoms with Crippen LogP contribution in [0.25, 0.3) is 0 Å². The number of carbonyl (C=O) groups excluding carboxylic acids is 1. The topological polar surface area (TPSA) is 26.3 Å². The molecule has 0 bridgehead atoms. The minimum Gasteiger partial charge on any atom is -0.494 e. The van der Waals surface area contributed by atoms with Gasteiger partial charge >= 0.3 is 0 Å². The second-order valence-corrected chi connectivity index (χ2v) is 5.92. The molecule has 0 unspecified atom stereocenters. The SMILES string of the molecule is CCOc1ccc(C(C)=O)cc1CSCc1cccc(F)c1. The summed E-state index contributed by atoms with van der Waals surface area (Å²) in [4.78, 5) is 11.5. The highest BCUT2D eigenvalue weighted by atomic mass is 32.2. The van der Waals surface area contributed by atoms with Crippen LogP contribution in [-0.2, 0) is 11.5 Å². The Labute approximate surface area is 134 Å². The molecule has 2 rings (SSSR count). The van der Waals surface area contributed by atoms with Gasteiger partial charge in [-0.15, -0.1) is 0 Å². The lowest BCUT2D eigenvalue weighted by Crippen LogP contribution is -1.99. The minimum absolute atomic E-state index is 0.0411. The number of hydrogen-bond acceptors (Lipinski definition) is 3. The Hall–Kier alpha value is -1.81. The predicted octanol–water partition coefficient (Wildman–Crippen LogP) is 4.86. The van der Waals surface area contributed by atoms with E-state index in [9.17, 15) is 9.18 Å². The summed E-state index contributed by atoms with van der Waals surface area (Å²) in [5.41, 5.74) is 2.63. The molecule has 0 amide bonds. The van der Waals surface area contributed by atoms with E-state index in [0.29, 0.717) is 23.7 Å². The zero-order valence-electron chi connectivity index (χ0n) is 12.8. The fourth-order valence-electron chi connectivity index (χ4n) is 2.11. The van der Waals surface area contributed by atoms with E-state index in [4.69, 9.17) is 4.74 Å². The van der Waals surface area contributed by atoms with E-state index >= 15 is 0 Å². The quantitative estimate of drug-likeness (QED) is 0.682. The van der Waals surface area contributed by atoms with Crippen molar-refractivity contribution >= 4 is 17.5 Å². The van der Waals surface area contributed by atoms with Crippen LogP contribution >= 0.6 is 11.8 Å². The maximum Gasteiger partial charge on any atom is 0.159 e. The van der Waals surface area contributed by atoms with Gasteiger partial charge in [0.15, 0.2) is 5.78 Å². The summed E-state index contributed by atoms with van der Waals surface area (Å²) in [5.74, 6) is 2.06. The lowest BCUT2D eigenvalue weighted by atomic mass is 10.1. The molecule has 0 radical (unpaired) electrons. The first-order chi connectivity index (χ1) is 10.6. The number of rotatable bonds is 7. The lowest BCUT2D eigenvalue weighted by Gasteiger charge is -2.11. The third-order valence-corrected chi connectivity index (χ3v) is 4.23. The molecule has 0 spiro atoms.